The number of carbonyl (C=O) groups excluding carboxylic acids is 1. The predicted octanol–water partition coefficient (Wildman–Crippen LogP) is 1.36. The molecule has 1 fully saturated rings. The number of nitrogens with zero attached hydrogens (tertiary/aromatic N) is 2. The van der Waals surface area contributed by atoms with Crippen LogP contribution in [-0.2, 0) is 16.6 Å². The Bertz CT molecular complexity index is 562. The number of rotatable bonds is 4. The molecule has 19 heavy (non-hydrogen) atoms. The number of hydrogen-bond donors (Lipinski definition) is 0. The zero-order valence-electron chi connectivity index (χ0n) is 11.4. The third kappa shape index (κ3) is 3.67. The van der Waals surface area contributed by atoms with Crippen LogP contribution in [0, 0.1) is 5.92 Å². The molecule has 0 amide bonds. The molecule has 2 heterocycles. The number of Topliss-reactive ketones (excluding diaryl/α,β-unsaturated/α-hetero) is 1. The van der Waals surface area contributed by atoms with Crippen molar-refractivity contribution in [3.05, 3.63) is 24.0 Å². The summed E-state index contributed by atoms with van der Waals surface area (Å²) in [6, 6.07) is 1.81. The molecule has 5 nitrogen and oxygen atoms in total. The van der Waals surface area contributed by atoms with Crippen LogP contribution in [-0.4, -0.2) is 42.4 Å². The van der Waals surface area contributed by atoms with E-state index in [-0.39, 0.29) is 5.78 Å². The van der Waals surface area contributed by atoms with Gasteiger partial charge in [-0.2, -0.15) is 0 Å². The molecule has 0 bridgehead atoms. The van der Waals surface area contributed by atoms with E-state index in [1.54, 1.807) is 17.3 Å². The highest BCUT2D eigenvalue weighted by atomic mass is 32.2. The van der Waals surface area contributed by atoms with Crippen molar-refractivity contribution in [1.82, 2.24) is 8.87 Å². The van der Waals surface area contributed by atoms with Gasteiger partial charge in [0.2, 0.25) is 10.0 Å². The summed E-state index contributed by atoms with van der Waals surface area (Å²) in [5.74, 6) is 0.371. The van der Waals surface area contributed by atoms with Crippen LogP contribution in [0.25, 0.3) is 0 Å². The smallest absolute Gasteiger partial charge is 0.211 e. The highest BCUT2D eigenvalue weighted by molar-refractivity contribution is 7.88. The van der Waals surface area contributed by atoms with Gasteiger partial charge in [0.15, 0.2) is 5.78 Å². The normalized spacial score (nSPS) is 21.5. The Balaban J connectivity index is 2.00. The fourth-order valence-corrected chi connectivity index (χ4v) is 3.48. The first-order valence-corrected chi connectivity index (χ1v) is 8.33. The molecule has 1 atom stereocenters. The summed E-state index contributed by atoms with van der Waals surface area (Å²) >= 11 is 0. The predicted molar refractivity (Wildman–Crippen MR) is 73.6 cm³/mol. The van der Waals surface area contributed by atoms with Crippen LogP contribution < -0.4 is 0 Å². The standard InChI is InChI=1S/C13H20N2O3S/c1-11(16)13-5-7-14(10-13)8-12-4-3-6-15(9-12)19(2,17)18/h5,7,10,12H,3-4,6,8-9H2,1-2H3. The van der Waals surface area contributed by atoms with Gasteiger partial charge in [-0.3, -0.25) is 4.79 Å². The molecule has 1 aliphatic rings. The second-order valence-electron chi connectivity index (χ2n) is 5.28. The van der Waals surface area contributed by atoms with Crippen LogP contribution in [0.15, 0.2) is 18.5 Å². The Morgan fingerprint density at radius 2 is 2.21 bits per heavy atom. The van der Waals surface area contributed by atoms with Gasteiger partial charge in [0.1, 0.15) is 0 Å². The van der Waals surface area contributed by atoms with Gasteiger partial charge in [0.05, 0.1) is 6.26 Å². The van der Waals surface area contributed by atoms with Crippen LogP contribution >= 0.6 is 0 Å². The van der Waals surface area contributed by atoms with Gasteiger partial charge in [0, 0.05) is 37.6 Å². The molecular weight excluding hydrogens is 264 g/mol. The van der Waals surface area contributed by atoms with E-state index in [1.807, 2.05) is 17.0 Å². The molecule has 0 aromatic carbocycles. The lowest BCUT2D eigenvalue weighted by molar-refractivity contribution is 0.101. The second kappa shape index (κ2) is 5.46. The van der Waals surface area contributed by atoms with Gasteiger partial charge in [-0.05, 0) is 31.7 Å². The summed E-state index contributed by atoms with van der Waals surface area (Å²) in [7, 11) is -3.09. The van der Waals surface area contributed by atoms with E-state index in [4.69, 9.17) is 0 Å². The Labute approximate surface area is 114 Å². The lowest BCUT2D eigenvalue weighted by atomic mass is 10.00. The Morgan fingerprint density at radius 1 is 1.47 bits per heavy atom. The fraction of sp³-hybridized carbons (Fsp3) is 0.615. The van der Waals surface area contributed by atoms with Crippen molar-refractivity contribution in [3.8, 4) is 0 Å². The maximum atomic E-state index is 11.6. The molecule has 0 spiro atoms. The molecule has 1 aromatic rings. The van der Waals surface area contributed by atoms with Crippen LogP contribution in [0.2, 0.25) is 0 Å². The number of sulfonamides is 1. The van der Waals surface area contributed by atoms with Gasteiger partial charge >= 0.3 is 0 Å². The fourth-order valence-electron chi connectivity index (χ4n) is 2.54. The number of ketones is 1. The van der Waals surface area contributed by atoms with Gasteiger partial charge in [-0.1, -0.05) is 0 Å². The number of aromatic nitrogens is 1. The third-order valence-electron chi connectivity index (χ3n) is 3.58. The van der Waals surface area contributed by atoms with E-state index >= 15 is 0 Å². The minimum absolute atomic E-state index is 0.0557. The number of carbonyl (C=O) groups is 1. The molecule has 0 saturated carbocycles. The lowest BCUT2D eigenvalue weighted by Crippen LogP contribution is -2.40. The summed E-state index contributed by atoms with van der Waals surface area (Å²) in [4.78, 5) is 11.2. The van der Waals surface area contributed by atoms with Crippen molar-refractivity contribution in [2.45, 2.75) is 26.3 Å². The molecule has 106 valence electrons. The van der Waals surface area contributed by atoms with Crippen molar-refractivity contribution in [2.24, 2.45) is 5.92 Å². The third-order valence-corrected chi connectivity index (χ3v) is 4.85. The monoisotopic (exact) mass is 284 g/mol. The van der Waals surface area contributed by atoms with E-state index in [0.717, 1.165) is 19.4 Å². The molecule has 1 aliphatic heterocycles. The van der Waals surface area contributed by atoms with Gasteiger partial charge in [0.25, 0.3) is 0 Å². The molecule has 0 N–H and O–H groups in total. The van der Waals surface area contributed by atoms with E-state index < -0.39 is 10.0 Å². The second-order valence-corrected chi connectivity index (χ2v) is 7.26. The first kappa shape index (κ1) is 14.3. The average molecular weight is 284 g/mol. The first-order valence-electron chi connectivity index (χ1n) is 6.48. The highest BCUT2D eigenvalue weighted by Gasteiger charge is 2.25. The molecule has 1 saturated heterocycles. The van der Waals surface area contributed by atoms with E-state index in [2.05, 4.69) is 0 Å². The van der Waals surface area contributed by atoms with Crippen LogP contribution in [0.3, 0.4) is 0 Å². The summed E-state index contributed by atoms with van der Waals surface area (Å²) in [5.41, 5.74) is 0.704. The summed E-state index contributed by atoms with van der Waals surface area (Å²) in [5, 5.41) is 0. The highest BCUT2D eigenvalue weighted by Crippen LogP contribution is 2.20. The topological polar surface area (TPSA) is 59.4 Å². The SMILES string of the molecule is CC(=O)c1ccn(CC2CCCN(S(C)(=O)=O)C2)c1. The molecule has 0 aliphatic carbocycles. The summed E-state index contributed by atoms with van der Waals surface area (Å²) in [6.07, 6.45) is 6.91. The maximum Gasteiger partial charge on any atom is 0.211 e. The van der Waals surface area contributed by atoms with Gasteiger partial charge < -0.3 is 4.57 Å². The molecule has 6 heteroatoms. The van der Waals surface area contributed by atoms with E-state index in [9.17, 15) is 13.2 Å². The summed E-state index contributed by atoms with van der Waals surface area (Å²) in [6.45, 7) is 3.51. The largest absolute Gasteiger partial charge is 0.353 e. The zero-order chi connectivity index (χ0) is 14.0. The Morgan fingerprint density at radius 3 is 2.79 bits per heavy atom. The lowest BCUT2D eigenvalue weighted by Gasteiger charge is -2.31. The number of hydrogen-bond acceptors (Lipinski definition) is 3. The molecular formula is C13H20N2O3S. The average Bonchev–Trinajstić information content (AvgIpc) is 2.77. The molecule has 2 rings (SSSR count). The van der Waals surface area contributed by atoms with Gasteiger partial charge in [-0.15, -0.1) is 0 Å². The van der Waals surface area contributed by atoms with E-state index in [0.29, 0.717) is 24.6 Å². The van der Waals surface area contributed by atoms with Gasteiger partial charge in [-0.25, -0.2) is 12.7 Å². The van der Waals surface area contributed by atoms with E-state index in [1.165, 1.54) is 6.26 Å². The van der Waals surface area contributed by atoms with Crippen LogP contribution in [0.1, 0.15) is 30.1 Å². The molecule has 1 aromatic heterocycles. The van der Waals surface area contributed by atoms with Crippen LogP contribution in [0.5, 0.6) is 0 Å². The zero-order valence-corrected chi connectivity index (χ0v) is 12.2. The maximum absolute atomic E-state index is 11.6. The van der Waals surface area contributed by atoms with Crippen LogP contribution in [0.4, 0.5) is 0 Å². The minimum atomic E-state index is -3.09. The Hall–Kier alpha value is -1.14. The van der Waals surface area contributed by atoms with Crippen molar-refractivity contribution < 1.29 is 13.2 Å². The van der Waals surface area contributed by atoms with Crippen molar-refractivity contribution in [1.29, 1.82) is 0 Å². The number of piperidine rings is 1. The Kier molecular flexibility index (Phi) is 4.10. The first-order chi connectivity index (χ1) is 8.86. The summed E-state index contributed by atoms with van der Waals surface area (Å²) < 4.78 is 26.6. The minimum Gasteiger partial charge on any atom is -0.353 e. The van der Waals surface area contributed by atoms with Crippen molar-refractivity contribution in [2.75, 3.05) is 19.3 Å². The van der Waals surface area contributed by atoms with Crippen molar-refractivity contribution in [3.63, 3.8) is 0 Å². The molecule has 0 radical (unpaired) electrons. The quantitative estimate of drug-likeness (QED) is 0.784. The molecule has 1 unspecified atom stereocenters. The van der Waals surface area contributed by atoms with Crippen molar-refractivity contribution >= 4 is 15.8 Å².